The van der Waals surface area contributed by atoms with Crippen molar-refractivity contribution in [3.63, 3.8) is 0 Å². The van der Waals surface area contributed by atoms with Gasteiger partial charge in [-0.2, -0.15) is 0 Å². The molecule has 1 atom stereocenters. The number of fused-ring (bicyclic) bond motifs is 1. The molecule has 0 radical (unpaired) electrons. The molecule has 1 aromatic rings. The molecule has 94 valence electrons. The van der Waals surface area contributed by atoms with E-state index >= 15 is 0 Å². The fraction of sp³-hybridized carbons (Fsp3) is 0.250. The number of benzene rings is 1. The number of carbonyl (C=O) groups excluding carboxylic acids is 3. The molecule has 18 heavy (non-hydrogen) atoms. The van der Waals surface area contributed by atoms with E-state index in [2.05, 4.69) is 21.2 Å². The first-order chi connectivity index (χ1) is 8.52. The maximum Gasteiger partial charge on any atom is 0.237 e. The van der Waals surface area contributed by atoms with Crippen LogP contribution in [0, 0.1) is 0 Å². The van der Waals surface area contributed by atoms with Gasteiger partial charge in [0.25, 0.3) is 0 Å². The van der Waals surface area contributed by atoms with Gasteiger partial charge < -0.3 is 5.32 Å². The van der Waals surface area contributed by atoms with Gasteiger partial charge in [-0.05, 0) is 25.1 Å². The Kier molecular flexibility index (Phi) is 3.87. The van der Waals surface area contributed by atoms with Gasteiger partial charge in [-0.25, -0.2) is 0 Å². The number of ketones is 2. The number of rotatable bonds is 3. The van der Waals surface area contributed by atoms with Gasteiger partial charge in [-0.1, -0.05) is 15.9 Å². The van der Waals surface area contributed by atoms with Crippen LogP contribution in [0.3, 0.4) is 0 Å². The molecular weight excluding hydrogens is 318 g/mol. The lowest BCUT2D eigenvalue weighted by Gasteiger charge is -2.21. The van der Waals surface area contributed by atoms with Gasteiger partial charge in [0.15, 0.2) is 0 Å². The van der Waals surface area contributed by atoms with Gasteiger partial charge in [0, 0.05) is 10.5 Å². The summed E-state index contributed by atoms with van der Waals surface area (Å²) < 4.78 is 0. The van der Waals surface area contributed by atoms with Crippen LogP contribution in [0.1, 0.15) is 17.3 Å². The van der Waals surface area contributed by atoms with Crippen molar-refractivity contribution < 1.29 is 14.4 Å². The second-order valence-corrected chi connectivity index (χ2v) is 5.79. The van der Waals surface area contributed by atoms with Gasteiger partial charge in [-0.3, -0.25) is 14.4 Å². The van der Waals surface area contributed by atoms with Crippen molar-refractivity contribution in [3.05, 3.63) is 23.8 Å². The van der Waals surface area contributed by atoms with Crippen LogP contribution in [0.5, 0.6) is 0 Å². The number of alkyl halides is 1. The minimum absolute atomic E-state index is 0.00105. The van der Waals surface area contributed by atoms with E-state index in [9.17, 15) is 14.4 Å². The van der Waals surface area contributed by atoms with Gasteiger partial charge in [-0.15, -0.1) is 11.8 Å². The van der Waals surface area contributed by atoms with Gasteiger partial charge in [0.1, 0.15) is 0 Å². The highest BCUT2D eigenvalue weighted by Crippen LogP contribution is 2.35. The van der Waals surface area contributed by atoms with E-state index in [1.165, 1.54) is 11.8 Å². The zero-order valence-corrected chi connectivity index (χ0v) is 11.9. The molecule has 1 aromatic carbocycles. The van der Waals surface area contributed by atoms with Crippen molar-refractivity contribution in [2.75, 3.05) is 10.6 Å². The first kappa shape index (κ1) is 13.3. The number of halogens is 1. The molecule has 0 aliphatic carbocycles. The van der Waals surface area contributed by atoms with Crippen LogP contribution in [0.15, 0.2) is 23.1 Å². The molecule has 1 N–H and O–H groups in total. The quantitative estimate of drug-likeness (QED) is 0.525. The molecule has 1 heterocycles. The Labute approximate surface area is 117 Å². The summed E-state index contributed by atoms with van der Waals surface area (Å²) in [6.45, 7) is 1.82. The van der Waals surface area contributed by atoms with E-state index in [4.69, 9.17) is 0 Å². The number of hydrogen-bond donors (Lipinski definition) is 1. The van der Waals surface area contributed by atoms with Gasteiger partial charge in [0.05, 0.1) is 16.3 Å². The molecule has 6 heteroatoms. The summed E-state index contributed by atoms with van der Waals surface area (Å²) in [5.74, 6) is -1.14. The van der Waals surface area contributed by atoms with E-state index in [-0.39, 0.29) is 16.5 Å². The normalized spacial score (nSPS) is 17.9. The molecule has 0 fully saturated rings. The number of carbonyl (C=O) groups is 3. The summed E-state index contributed by atoms with van der Waals surface area (Å²) in [6, 6.07) is 4.92. The summed E-state index contributed by atoms with van der Waals surface area (Å²) in [7, 11) is 0. The number of nitrogens with one attached hydrogen (secondary N) is 1. The highest BCUT2D eigenvalue weighted by atomic mass is 79.9. The van der Waals surface area contributed by atoms with Crippen molar-refractivity contribution in [2.45, 2.75) is 17.1 Å². The summed E-state index contributed by atoms with van der Waals surface area (Å²) in [4.78, 5) is 35.5. The Morgan fingerprint density at radius 1 is 1.44 bits per heavy atom. The number of hydrogen-bond acceptors (Lipinski definition) is 4. The average Bonchev–Trinajstić information content (AvgIpc) is 2.37. The summed E-state index contributed by atoms with van der Waals surface area (Å²) >= 11 is 4.40. The molecule has 0 bridgehead atoms. The molecule has 1 unspecified atom stereocenters. The van der Waals surface area contributed by atoms with Crippen LogP contribution in [0.4, 0.5) is 5.69 Å². The zero-order chi connectivity index (χ0) is 13.3. The third-order valence-electron chi connectivity index (χ3n) is 2.55. The SMILES string of the molecule is CC1Sc2ccc(C(=O)C(=O)CBr)cc2NC1=O. The third-order valence-corrected chi connectivity index (χ3v) is 4.23. The highest BCUT2D eigenvalue weighted by Gasteiger charge is 2.24. The van der Waals surface area contributed by atoms with Crippen molar-refractivity contribution in [1.29, 1.82) is 0 Å². The molecule has 0 saturated heterocycles. The fourth-order valence-electron chi connectivity index (χ4n) is 1.57. The summed E-state index contributed by atoms with van der Waals surface area (Å²) in [5, 5.41) is 2.58. The van der Waals surface area contributed by atoms with Crippen LogP contribution in [0.2, 0.25) is 0 Å². The monoisotopic (exact) mass is 327 g/mol. The van der Waals surface area contributed by atoms with E-state index in [0.717, 1.165) is 4.90 Å². The third kappa shape index (κ3) is 2.49. The van der Waals surface area contributed by atoms with Crippen LogP contribution >= 0.6 is 27.7 Å². The minimum atomic E-state index is -0.549. The predicted octanol–water partition coefficient (Wildman–Crippen LogP) is 2.27. The topological polar surface area (TPSA) is 63.2 Å². The molecule has 4 nitrogen and oxygen atoms in total. The second kappa shape index (κ2) is 5.24. The Morgan fingerprint density at radius 2 is 2.17 bits per heavy atom. The minimum Gasteiger partial charge on any atom is -0.324 e. The number of amides is 1. The molecule has 1 aliphatic heterocycles. The molecule has 1 aliphatic rings. The van der Waals surface area contributed by atoms with Crippen molar-refractivity contribution in [2.24, 2.45) is 0 Å². The number of Topliss-reactive ketones (excluding diaryl/α,β-unsaturated/α-hetero) is 2. The lowest BCUT2D eigenvalue weighted by atomic mass is 10.1. The Morgan fingerprint density at radius 3 is 2.83 bits per heavy atom. The lowest BCUT2D eigenvalue weighted by Crippen LogP contribution is -2.26. The largest absolute Gasteiger partial charge is 0.324 e. The zero-order valence-electron chi connectivity index (χ0n) is 9.53. The Bertz CT molecular complexity index is 544. The van der Waals surface area contributed by atoms with Crippen molar-refractivity contribution >= 4 is 50.9 Å². The first-order valence-electron chi connectivity index (χ1n) is 5.28. The van der Waals surface area contributed by atoms with Crippen molar-refractivity contribution in [1.82, 2.24) is 0 Å². The maximum absolute atomic E-state index is 11.7. The smallest absolute Gasteiger partial charge is 0.237 e. The molecule has 1 amide bonds. The fourth-order valence-corrected chi connectivity index (χ4v) is 2.76. The lowest BCUT2D eigenvalue weighted by molar-refractivity contribution is -0.115. The Balaban J connectivity index is 2.33. The van der Waals surface area contributed by atoms with E-state index in [0.29, 0.717) is 11.3 Å². The molecule has 2 rings (SSSR count). The Hall–Kier alpha value is -1.14. The average molecular weight is 328 g/mol. The molecular formula is C12H10BrNO3S. The molecule has 0 spiro atoms. The first-order valence-corrected chi connectivity index (χ1v) is 7.28. The van der Waals surface area contributed by atoms with Crippen LogP contribution in [0.25, 0.3) is 0 Å². The van der Waals surface area contributed by atoms with Crippen LogP contribution in [-0.4, -0.2) is 28.1 Å². The summed E-state index contributed by atoms with van der Waals surface area (Å²) in [6.07, 6.45) is 0. The van der Waals surface area contributed by atoms with E-state index in [1.54, 1.807) is 18.2 Å². The molecule has 0 aromatic heterocycles. The molecule has 0 saturated carbocycles. The van der Waals surface area contributed by atoms with Gasteiger partial charge in [0.2, 0.25) is 17.5 Å². The maximum atomic E-state index is 11.7. The standard InChI is InChI=1S/C12H10BrNO3S/c1-6-12(17)14-8-4-7(2-3-10(8)18-6)11(16)9(15)5-13/h2-4,6H,5H2,1H3,(H,14,17). The predicted molar refractivity (Wildman–Crippen MR) is 73.5 cm³/mol. The van der Waals surface area contributed by atoms with Crippen LogP contribution in [-0.2, 0) is 9.59 Å². The second-order valence-electron chi connectivity index (χ2n) is 3.85. The number of anilines is 1. The van der Waals surface area contributed by atoms with Crippen LogP contribution < -0.4 is 5.32 Å². The summed E-state index contributed by atoms with van der Waals surface area (Å²) in [5.41, 5.74) is 0.893. The van der Waals surface area contributed by atoms with E-state index < -0.39 is 11.6 Å². The van der Waals surface area contributed by atoms with Crippen molar-refractivity contribution in [3.8, 4) is 0 Å². The van der Waals surface area contributed by atoms with E-state index in [1.807, 2.05) is 6.92 Å². The highest BCUT2D eigenvalue weighted by molar-refractivity contribution is 9.09. The number of thioether (sulfide) groups is 1. The van der Waals surface area contributed by atoms with Gasteiger partial charge >= 0.3 is 0 Å².